The Labute approximate surface area is 193 Å². The number of anilines is 1. The number of rotatable bonds is 8. The average molecular weight is 488 g/mol. The van der Waals surface area contributed by atoms with Gasteiger partial charge in [0.2, 0.25) is 5.91 Å². The van der Waals surface area contributed by atoms with Crippen LogP contribution in [0.5, 0.6) is 0 Å². The van der Waals surface area contributed by atoms with Crippen molar-refractivity contribution in [3.8, 4) is 0 Å². The topological polar surface area (TPSA) is 61.4 Å². The summed E-state index contributed by atoms with van der Waals surface area (Å²) in [7, 11) is 0. The summed E-state index contributed by atoms with van der Waals surface area (Å²) in [6.45, 7) is 2.04. The third-order valence-corrected chi connectivity index (χ3v) is 5.81. The molecular weight excluding hydrogens is 466 g/mol. The lowest BCUT2D eigenvalue weighted by molar-refractivity contribution is -0.143. The first-order valence-electron chi connectivity index (χ1n) is 9.88. The number of nitrogens with zero attached hydrogens (tertiary/aromatic N) is 1. The summed E-state index contributed by atoms with van der Waals surface area (Å²) in [5.41, 5.74) is 0.154. The van der Waals surface area contributed by atoms with E-state index in [4.69, 9.17) is 23.2 Å². The minimum atomic E-state index is -4.53. The van der Waals surface area contributed by atoms with E-state index in [2.05, 4.69) is 10.6 Å². The van der Waals surface area contributed by atoms with Crippen LogP contribution in [-0.2, 0) is 21.5 Å². The zero-order valence-electron chi connectivity index (χ0n) is 17.3. The maximum absolute atomic E-state index is 13.5. The number of amides is 1. The Kier molecular flexibility index (Phi) is 7.19. The molecule has 172 valence electrons. The van der Waals surface area contributed by atoms with Gasteiger partial charge in [-0.3, -0.25) is 15.0 Å². The van der Waals surface area contributed by atoms with Gasteiger partial charge in [0, 0.05) is 33.8 Å². The van der Waals surface area contributed by atoms with E-state index in [0.717, 1.165) is 0 Å². The van der Waals surface area contributed by atoms with Crippen molar-refractivity contribution in [1.29, 1.82) is 0 Å². The lowest BCUT2D eigenvalue weighted by Crippen LogP contribution is -2.64. The summed E-state index contributed by atoms with van der Waals surface area (Å²) >= 11 is 12.2. The monoisotopic (exact) mass is 487 g/mol. The second-order valence-corrected chi connectivity index (χ2v) is 8.76. The minimum Gasteiger partial charge on any atom is -0.324 e. The van der Waals surface area contributed by atoms with E-state index in [1.54, 1.807) is 56.3 Å². The fourth-order valence-corrected chi connectivity index (χ4v) is 4.61. The van der Waals surface area contributed by atoms with Gasteiger partial charge in [0.1, 0.15) is 11.7 Å². The summed E-state index contributed by atoms with van der Waals surface area (Å²) in [5.74, 6) is -0.468. The number of aldehydes is 1. The van der Waals surface area contributed by atoms with Crippen LogP contribution in [-0.4, -0.2) is 42.0 Å². The predicted octanol–water partition coefficient (Wildman–Crippen LogP) is 4.77. The number of carbonyl (C=O) groups is 2. The smallest absolute Gasteiger partial charge is 0.324 e. The molecule has 2 unspecified atom stereocenters. The van der Waals surface area contributed by atoms with Crippen molar-refractivity contribution in [2.24, 2.45) is 0 Å². The minimum absolute atomic E-state index is 0.0737. The predicted molar refractivity (Wildman–Crippen MR) is 118 cm³/mol. The average Bonchev–Trinajstić information content (AvgIpc) is 2.94. The molecule has 1 aliphatic rings. The highest BCUT2D eigenvalue weighted by Crippen LogP contribution is 2.45. The first kappa shape index (κ1) is 24.5. The highest BCUT2D eigenvalue weighted by atomic mass is 35.5. The summed E-state index contributed by atoms with van der Waals surface area (Å²) in [6, 6.07) is 11.2. The maximum Gasteiger partial charge on any atom is 0.401 e. The van der Waals surface area contributed by atoms with Gasteiger partial charge in [-0.05, 0) is 43.7 Å². The zero-order valence-corrected chi connectivity index (χ0v) is 18.9. The fourth-order valence-electron chi connectivity index (χ4n) is 4.23. The van der Waals surface area contributed by atoms with E-state index >= 15 is 0 Å². The van der Waals surface area contributed by atoms with Gasteiger partial charge in [-0.1, -0.05) is 41.4 Å². The lowest BCUT2D eigenvalue weighted by atomic mass is 9.81. The van der Waals surface area contributed by atoms with Crippen molar-refractivity contribution in [1.82, 2.24) is 10.2 Å². The van der Waals surface area contributed by atoms with Crippen molar-refractivity contribution < 1.29 is 22.8 Å². The largest absolute Gasteiger partial charge is 0.401 e. The highest BCUT2D eigenvalue weighted by molar-refractivity contribution is 6.31. The van der Waals surface area contributed by atoms with Crippen molar-refractivity contribution in [2.75, 3.05) is 11.9 Å². The van der Waals surface area contributed by atoms with Crippen molar-refractivity contribution in [2.45, 2.75) is 44.2 Å². The molecule has 2 aromatic carbocycles. The Morgan fingerprint density at radius 2 is 1.84 bits per heavy atom. The molecule has 0 aromatic heterocycles. The van der Waals surface area contributed by atoms with E-state index in [1.807, 2.05) is 0 Å². The molecule has 0 aliphatic carbocycles. The molecule has 2 aromatic rings. The molecule has 1 heterocycles. The summed E-state index contributed by atoms with van der Waals surface area (Å²) < 4.78 is 38.8. The van der Waals surface area contributed by atoms with Gasteiger partial charge >= 0.3 is 6.18 Å². The Morgan fingerprint density at radius 1 is 1.16 bits per heavy atom. The number of hydrogen-bond donors (Lipinski definition) is 2. The molecule has 10 heteroatoms. The molecule has 0 spiro atoms. The van der Waals surface area contributed by atoms with Crippen LogP contribution in [0.4, 0.5) is 18.9 Å². The molecule has 1 amide bonds. The Hall–Kier alpha value is -2.13. The van der Waals surface area contributed by atoms with Crippen LogP contribution >= 0.6 is 23.2 Å². The Morgan fingerprint density at radius 3 is 2.44 bits per heavy atom. The molecule has 0 radical (unpaired) electrons. The van der Waals surface area contributed by atoms with Gasteiger partial charge in [0.15, 0.2) is 6.29 Å². The second kappa shape index (κ2) is 9.39. The van der Waals surface area contributed by atoms with E-state index < -0.39 is 36.4 Å². The molecule has 1 aliphatic heterocycles. The molecule has 0 fully saturated rings. The number of fused-ring (bicyclic) bond motifs is 1. The normalized spacial score (nSPS) is 19.2. The second-order valence-electron chi connectivity index (χ2n) is 7.89. The van der Waals surface area contributed by atoms with E-state index in [-0.39, 0.29) is 6.42 Å². The molecule has 0 saturated carbocycles. The van der Waals surface area contributed by atoms with Crippen LogP contribution < -0.4 is 10.6 Å². The first-order valence-corrected chi connectivity index (χ1v) is 10.6. The Balaban J connectivity index is 2.19. The molecule has 2 N–H and O–H groups in total. The number of hydrogen-bond acceptors (Lipinski definition) is 4. The fraction of sp³-hybridized carbons (Fsp3) is 0.364. The number of alkyl halides is 3. The van der Waals surface area contributed by atoms with Crippen molar-refractivity contribution in [3.63, 3.8) is 0 Å². The third kappa shape index (κ3) is 4.93. The molecule has 0 bridgehead atoms. The van der Waals surface area contributed by atoms with Gasteiger partial charge in [-0.2, -0.15) is 13.2 Å². The van der Waals surface area contributed by atoms with Crippen molar-refractivity contribution in [3.05, 3.63) is 63.6 Å². The first-order chi connectivity index (χ1) is 15.0. The Bertz CT molecular complexity index is 1020. The molecule has 32 heavy (non-hydrogen) atoms. The number of benzene rings is 2. The van der Waals surface area contributed by atoms with Crippen LogP contribution in [0.3, 0.4) is 0 Å². The molecule has 0 saturated heterocycles. The van der Waals surface area contributed by atoms with Gasteiger partial charge in [-0.25, -0.2) is 0 Å². The van der Waals surface area contributed by atoms with Crippen LogP contribution in [0, 0.1) is 0 Å². The van der Waals surface area contributed by atoms with Crippen LogP contribution in [0.1, 0.15) is 25.0 Å². The summed E-state index contributed by atoms with van der Waals surface area (Å²) in [4.78, 5) is 27.0. The maximum atomic E-state index is 13.5. The summed E-state index contributed by atoms with van der Waals surface area (Å²) in [5, 5.41) is 5.88. The number of carbonyl (C=O) groups excluding carboxylic acids is 2. The molecule has 5 nitrogen and oxygen atoms in total. The van der Waals surface area contributed by atoms with Crippen LogP contribution in [0.25, 0.3) is 0 Å². The van der Waals surface area contributed by atoms with Gasteiger partial charge in [0.25, 0.3) is 0 Å². The molecule has 2 atom stereocenters. The molecular formula is C22H22Cl2F3N3O2. The van der Waals surface area contributed by atoms with E-state index in [0.29, 0.717) is 33.1 Å². The highest BCUT2D eigenvalue weighted by Gasteiger charge is 2.54. The standard InChI is InChI=1S/C22H22Cl2F3N3O2/c1-13(2)30(19(11-31)28-12-22(25,26)27)21(10-14-4-3-5-15(23)8-14)17-7-6-16(24)9-18(17)29-20(21)32/h3-9,11,13,19,28H,10,12H2,1-2H3,(H,29,32). The number of nitrogens with one attached hydrogen (secondary N) is 2. The van der Waals surface area contributed by atoms with E-state index in [9.17, 15) is 22.8 Å². The van der Waals surface area contributed by atoms with Gasteiger partial charge in [-0.15, -0.1) is 0 Å². The molecule has 3 rings (SSSR count). The van der Waals surface area contributed by atoms with E-state index in [1.165, 1.54) is 4.90 Å². The van der Waals surface area contributed by atoms with Crippen LogP contribution in [0.15, 0.2) is 42.5 Å². The van der Waals surface area contributed by atoms with Gasteiger partial charge in [0.05, 0.1) is 6.54 Å². The van der Waals surface area contributed by atoms with Gasteiger partial charge < -0.3 is 10.1 Å². The SMILES string of the molecule is CC(C)N(C(C=O)NCC(F)(F)F)C1(Cc2cccc(Cl)c2)C(=O)Nc2cc(Cl)ccc21. The quantitative estimate of drug-likeness (QED) is 0.415. The third-order valence-electron chi connectivity index (χ3n) is 5.34. The summed E-state index contributed by atoms with van der Waals surface area (Å²) in [6.07, 6.45) is -5.47. The lowest BCUT2D eigenvalue weighted by Gasteiger charge is -2.45. The number of halogens is 5. The van der Waals surface area contributed by atoms with Crippen LogP contribution in [0.2, 0.25) is 10.0 Å². The van der Waals surface area contributed by atoms with Crippen molar-refractivity contribution >= 4 is 41.1 Å². The zero-order chi connectivity index (χ0) is 23.7.